The average Bonchev–Trinajstić information content (AvgIpc) is 2.51. The van der Waals surface area contributed by atoms with Gasteiger partial charge in [-0.2, -0.15) is 0 Å². The molecule has 0 amide bonds. The smallest absolute Gasteiger partial charge is 0.293 e. The maximum atomic E-state index is 10.8. The Balaban J connectivity index is 2.57. The minimum Gasteiger partial charge on any atom is -0.456 e. The molecular formula is C12H9ClN2O3. The molecule has 2 N–H and O–H groups in total. The standard InChI is InChI=1S/C12H9ClN2O3/c13-11-10(18-8-4-2-1-3-5-8)7-6-9(12(11)14)15(16)17/h1-7H,14H2/i1D,2D,3D,4D,5D. The highest BCUT2D eigenvalue weighted by Crippen LogP contribution is 2.38. The zero-order chi connectivity index (χ0) is 17.5. The van der Waals surface area contributed by atoms with Crippen LogP contribution in [0.3, 0.4) is 0 Å². The predicted octanol–water partition coefficient (Wildman–Crippen LogP) is 3.62. The Hall–Kier alpha value is -2.27. The number of rotatable bonds is 3. The molecule has 0 atom stereocenters. The third kappa shape index (κ3) is 2.36. The Bertz CT molecular complexity index is 802. The van der Waals surface area contributed by atoms with E-state index in [1.165, 1.54) is 0 Å². The minimum atomic E-state index is -0.727. The van der Waals surface area contributed by atoms with E-state index in [1.54, 1.807) is 0 Å². The summed E-state index contributed by atoms with van der Waals surface area (Å²) in [7, 11) is 0. The van der Waals surface area contributed by atoms with Gasteiger partial charge in [0.25, 0.3) is 5.69 Å². The van der Waals surface area contributed by atoms with Crippen LogP contribution in [0.1, 0.15) is 6.85 Å². The first-order chi connectivity index (χ1) is 10.7. The Morgan fingerprint density at radius 2 is 2.00 bits per heavy atom. The number of nitrogen functional groups attached to an aromatic ring is 1. The van der Waals surface area contributed by atoms with Crippen molar-refractivity contribution in [3.63, 3.8) is 0 Å². The van der Waals surface area contributed by atoms with Crippen molar-refractivity contribution in [2.75, 3.05) is 5.73 Å². The molecule has 0 aliphatic heterocycles. The van der Waals surface area contributed by atoms with E-state index in [9.17, 15) is 10.1 Å². The summed E-state index contributed by atoms with van der Waals surface area (Å²) in [6.45, 7) is 0. The Kier molecular flexibility index (Phi) is 1.98. The monoisotopic (exact) mass is 269 g/mol. The number of hydrogen-bond acceptors (Lipinski definition) is 4. The Morgan fingerprint density at radius 3 is 2.61 bits per heavy atom. The van der Waals surface area contributed by atoms with Crippen molar-refractivity contribution in [2.45, 2.75) is 0 Å². The molecule has 5 nitrogen and oxygen atoms in total. The number of nitro benzene ring substituents is 1. The van der Waals surface area contributed by atoms with Gasteiger partial charge in [0.1, 0.15) is 22.2 Å². The van der Waals surface area contributed by atoms with Crippen molar-refractivity contribution in [3.05, 3.63) is 57.5 Å². The lowest BCUT2D eigenvalue weighted by Gasteiger charge is -2.08. The van der Waals surface area contributed by atoms with E-state index in [2.05, 4.69) is 0 Å². The van der Waals surface area contributed by atoms with Crippen LogP contribution in [0.15, 0.2) is 42.3 Å². The van der Waals surface area contributed by atoms with Gasteiger partial charge in [0.2, 0.25) is 0 Å². The molecule has 2 aromatic rings. The van der Waals surface area contributed by atoms with Crippen molar-refractivity contribution >= 4 is 23.0 Å². The maximum absolute atomic E-state index is 10.8. The van der Waals surface area contributed by atoms with Crippen molar-refractivity contribution in [1.82, 2.24) is 0 Å². The molecule has 0 saturated carbocycles. The second kappa shape index (κ2) is 4.93. The molecule has 2 rings (SSSR count). The molecule has 0 radical (unpaired) electrons. The highest BCUT2D eigenvalue weighted by Gasteiger charge is 2.18. The molecule has 0 unspecified atom stereocenters. The van der Waals surface area contributed by atoms with Crippen LogP contribution < -0.4 is 10.5 Å². The van der Waals surface area contributed by atoms with E-state index >= 15 is 0 Å². The summed E-state index contributed by atoms with van der Waals surface area (Å²) < 4.78 is 43.3. The second-order valence-electron chi connectivity index (χ2n) is 3.12. The van der Waals surface area contributed by atoms with E-state index in [0.717, 1.165) is 12.1 Å². The number of nitro groups is 1. The van der Waals surface area contributed by atoms with Gasteiger partial charge in [-0.1, -0.05) is 29.7 Å². The van der Waals surface area contributed by atoms with Gasteiger partial charge in [-0.05, 0) is 18.2 Å². The minimum absolute atomic E-state index is 0.159. The lowest BCUT2D eigenvalue weighted by atomic mass is 10.2. The van der Waals surface area contributed by atoms with Gasteiger partial charge < -0.3 is 10.5 Å². The van der Waals surface area contributed by atoms with Gasteiger partial charge in [0.15, 0.2) is 0 Å². The Morgan fingerprint density at radius 1 is 1.33 bits per heavy atom. The number of hydrogen-bond donors (Lipinski definition) is 1. The zero-order valence-corrected chi connectivity index (χ0v) is 9.54. The Labute approximate surface area is 115 Å². The summed E-state index contributed by atoms with van der Waals surface area (Å²) in [5.74, 6) is -0.612. The summed E-state index contributed by atoms with van der Waals surface area (Å²) in [6.07, 6.45) is 0. The fourth-order valence-electron chi connectivity index (χ4n) is 1.20. The van der Waals surface area contributed by atoms with E-state index in [1.807, 2.05) is 0 Å². The SMILES string of the molecule is [2H]c1c([2H])c([2H])c(Oc2ccc([N+](=O)[O-])c(N)c2Cl)c([2H])c1[2H]. The molecule has 92 valence electrons. The normalized spacial score (nSPS) is 13.9. The van der Waals surface area contributed by atoms with E-state index in [-0.39, 0.29) is 16.5 Å². The number of halogens is 1. The van der Waals surface area contributed by atoms with Gasteiger partial charge in [-0.15, -0.1) is 0 Å². The lowest BCUT2D eigenvalue weighted by Crippen LogP contribution is -1.97. The molecule has 0 bridgehead atoms. The molecule has 0 fully saturated rings. The molecule has 0 spiro atoms. The van der Waals surface area contributed by atoms with Crippen LogP contribution in [0.25, 0.3) is 0 Å². The number of nitrogens with zero attached hydrogens (tertiary/aromatic N) is 1. The fourth-order valence-corrected chi connectivity index (χ4v) is 1.40. The topological polar surface area (TPSA) is 78.4 Å². The summed E-state index contributed by atoms with van der Waals surface area (Å²) in [4.78, 5) is 10.0. The van der Waals surface area contributed by atoms with E-state index < -0.39 is 46.6 Å². The van der Waals surface area contributed by atoms with Crippen LogP contribution in [0.5, 0.6) is 11.5 Å². The van der Waals surface area contributed by atoms with Gasteiger partial charge in [-0.25, -0.2) is 0 Å². The first-order valence-corrected chi connectivity index (χ1v) is 5.01. The van der Waals surface area contributed by atoms with E-state index in [0.29, 0.717) is 0 Å². The van der Waals surface area contributed by atoms with Crippen molar-refractivity contribution < 1.29 is 16.5 Å². The summed E-state index contributed by atoms with van der Waals surface area (Å²) >= 11 is 5.90. The number of para-hydroxylation sites is 1. The second-order valence-corrected chi connectivity index (χ2v) is 3.50. The molecule has 18 heavy (non-hydrogen) atoms. The van der Waals surface area contributed by atoms with Crippen LogP contribution in [0, 0.1) is 10.1 Å². The third-order valence-electron chi connectivity index (χ3n) is 2.01. The van der Waals surface area contributed by atoms with Crippen LogP contribution in [-0.2, 0) is 0 Å². The molecular weight excluding hydrogens is 256 g/mol. The molecule has 0 heterocycles. The molecule has 2 aromatic carbocycles. The van der Waals surface area contributed by atoms with Crippen molar-refractivity contribution in [1.29, 1.82) is 0 Å². The van der Waals surface area contributed by atoms with Crippen molar-refractivity contribution in [2.24, 2.45) is 0 Å². The fraction of sp³-hybridized carbons (Fsp3) is 0. The average molecular weight is 270 g/mol. The molecule has 0 aromatic heterocycles. The first-order valence-electron chi connectivity index (χ1n) is 7.14. The van der Waals surface area contributed by atoms with Gasteiger partial charge >= 0.3 is 0 Å². The molecule has 0 aliphatic carbocycles. The first kappa shape index (κ1) is 7.23. The van der Waals surface area contributed by atoms with Crippen LogP contribution >= 0.6 is 11.6 Å². The largest absolute Gasteiger partial charge is 0.456 e. The summed E-state index contributed by atoms with van der Waals surface area (Å²) in [6, 6.07) is -0.669. The third-order valence-corrected chi connectivity index (χ3v) is 2.40. The lowest BCUT2D eigenvalue weighted by molar-refractivity contribution is -0.383. The van der Waals surface area contributed by atoms with Crippen molar-refractivity contribution in [3.8, 4) is 11.5 Å². The number of nitrogens with two attached hydrogens (primary N) is 1. The number of ether oxygens (including phenoxy) is 1. The van der Waals surface area contributed by atoms with Crippen LogP contribution in [-0.4, -0.2) is 4.92 Å². The maximum Gasteiger partial charge on any atom is 0.293 e. The van der Waals surface area contributed by atoms with Gasteiger partial charge in [0, 0.05) is 6.07 Å². The molecule has 6 heteroatoms. The highest BCUT2D eigenvalue weighted by atomic mass is 35.5. The molecule has 0 aliphatic rings. The number of anilines is 1. The quantitative estimate of drug-likeness (QED) is 0.524. The van der Waals surface area contributed by atoms with Crippen LogP contribution in [0.4, 0.5) is 11.4 Å². The van der Waals surface area contributed by atoms with Gasteiger partial charge in [0.05, 0.1) is 11.8 Å². The molecule has 0 saturated heterocycles. The predicted molar refractivity (Wildman–Crippen MR) is 69.0 cm³/mol. The van der Waals surface area contributed by atoms with Gasteiger partial charge in [-0.3, -0.25) is 10.1 Å². The number of benzene rings is 2. The summed E-state index contributed by atoms with van der Waals surface area (Å²) in [5, 5.41) is 10.5. The zero-order valence-electron chi connectivity index (χ0n) is 13.8. The van der Waals surface area contributed by atoms with Crippen LogP contribution in [0.2, 0.25) is 5.02 Å². The summed E-state index contributed by atoms with van der Waals surface area (Å²) in [5.41, 5.74) is 4.77. The highest BCUT2D eigenvalue weighted by molar-refractivity contribution is 6.35. The van der Waals surface area contributed by atoms with E-state index in [4.69, 9.17) is 28.9 Å².